The third kappa shape index (κ3) is 3.41. The average molecular weight is 289 g/mol. The van der Waals surface area contributed by atoms with Gasteiger partial charge in [0.15, 0.2) is 0 Å². The van der Waals surface area contributed by atoms with Gasteiger partial charge in [-0.25, -0.2) is 0 Å². The van der Waals surface area contributed by atoms with E-state index in [9.17, 15) is 5.11 Å². The van der Waals surface area contributed by atoms with Gasteiger partial charge in [0.1, 0.15) is 5.75 Å². The Morgan fingerprint density at radius 3 is 2.65 bits per heavy atom. The maximum Gasteiger partial charge on any atom is 0.120 e. The molecule has 3 heteroatoms. The lowest BCUT2D eigenvalue weighted by molar-refractivity contribution is 0.420. The number of hydrogen-bond donors (Lipinski definition) is 2. The monoisotopic (exact) mass is 289 g/mol. The third-order valence-corrected chi connectivity index (χ3v) is 4.93. The van der Waals surface area contributed by atoms with Gasteiger partial charge in [-0.05, 0) is 36.9 Å². The van der Waals surface area contributed by atoms with E-state index in [1.165, 1.54) is 4.88 Å². The molecule has 2 N–H and O–H groups in total. The molecule has 0 aliphatic heterocycles. The summed E-state index contributed by atoms with van der Waals surface area (Å²) in [6.07, 6.45) is 0. The molecule has 0 spiro atoms. The van der Waals surface area contributed by atoms with Crippen LogP contribution >= 0.6 is 11.3 Å². The normalized spacial score (nSPS) is 13.4. The van der Waals surface area contributed by atoms with E-state index in [0.717, 1.165) is 17.7 Å². The van der Waals surface area contributed by atoms with Crippen LogP contribution in [-0.2, 0) is 5.41 Å². The van der Waals surface area contributed by atoms with E-state index in [2.05, 4.69) is 43.6 Å². The highest BCUT2D eigenvalue weighted by Gasteiger charge is 2.22. The largest absolute Gasteiger partial charge is 0.508 e. The van der Waals surface area contributed by atoms with Crippen molar-refractivity contribution in [2.45, 2.75) is 39.2 Å². The van der Waals surface area contributed by atoms with Gasteiger partial charge in [0, 0.05) is 28.4 Å². The Morgan fingerprint density at radius 1 is 1.30 bits per heavy atom. The maximum atomic E-state index is 10.0. The van der Waals surface area contributed by atoms with Crippen molar-refractivity contribution in [2.75, 3.05) is 6.54 Å². The Hall–Kier alpha value is -1.32. The number of aryl methyl sites for hydroxylation is 1. The minimum absolute atomic E-state index is 0.0999. The first-order valence-corrected chi connectivity index (χ1v) is 7.85. The molecule has 1 aromatic heterocycles. The number of nitrogens with one attached hydrogen (secondary N) is 1. The summed E-state index contributed by atoms with van der Waals surface area (Å²) >= 11 is 1.79. The van der Waals surface area contributed by atoms with Gasteiger partial charge in [0.25, 0.3) is 0 Å². The van der Waals surface area contributed by atoms with Crippen LogP contribution in [0, 0.1) is 6.92 Å². The molecule has 1 heterocycles. The van der Waals surface area contributed by atoms with Crippen LogP contribution in [0.2, 0.25) is 0 Å². The predicted octanol–water partition coefficient (Wildman–Crippen LogP) is 4.39. The molecule has 2 rings (SSSR count). The summed E-state index contributed by atoms with van der Waals surface area (Å²) in [5, 5.41) is 15.7. The molecule has 0 radical (unpaired) electrons. The van der Waals surface area contributed by atoms with Crippen molar-refractivity contribution in [3.05, 3.63) is 51.7 Å². The first kappa shape index (κ1) is 15.1. The number of phenols is 1. The molecule has 108 valence electrons. The molecule has 0 amide bonds. The molecule has 20 heavy (non-hydrogen) atoms. The first-order valence-electron chi connectivity index (χ1n) is 6.97. The molecule has 2 aromatic rings. The van der Waals surface area contributed by atoms with Gasteiger partial charge >= 0.3 is 0 Å². The summed E-state index contributed by atoms with van der Waals surface area (Å²) in [7, 11) is 0. The Balaban J connectivity index is 2.03. The van der Waals surface area contributed by atoms with Crippen molar-refractivity contribution < 1.29 is 5.11 Å². The fourth-order valence-corrected chi connectivity index (χ4v) is 3.14. The van der Waals surface area contributed by atoms with Crippen molar-refractivity contribution in [1.82, 2.24) is 5.32 Å². The second-order valence-corrected chi connectivity index (χ2v) is 6.97. The van der Waals surface area contributed by atoms with Crippen LogP contribution < -0.4 is 5.32 Å². The SMILES string of the molecule is Cc1ccc(C(C)NCC(C)(C)c2cccs2)c(O)c1. The highest BCUT2D eigenvalue weighted by molar-refractivity contribution is 7.10. The molecule has 2 nitrogen and oxygen atoms in total. The molecule has 0 saturated heterocycles. The van der Waals surface area contributed by atoms with Crippen molar-refractivity contribution >= 4 is 11.3 Å². The van der Waals surface area contributed by atoms with Crippen LogP contribution in [0.1, 0.15) is 42.8 Å². The quantitative estimate of drug-likeness (QED) is 0.855. The second kappa shape index (κ2) is 5.98. The standard InChI is InChI=1S/C17H23NOS/c1-12-7-8-14(15(19)10-12)13(2)18-11-17(3,4)16-6-5-9-20-16/h5-10,13,18-19H,11H2,1-4H3. The maximum absolute atomic E-state index is 10.0. The summed E-state index contributed by atoms with van der Waals surface area (Å²) in [5.74, 6) is 0.374. The Morgan fingerprint density at radius 2 is 2.05 bits per heavy atom. The van der Waals surface area contributed by atoms with Gasteiger partial charge in [-0.3, -0.25) is 0 Å². The number of rotatable bonds is 5. The topological polar surface area (TPSA) is 32.3 Å². The zero-order valence-electron chi connectivity index (χ0n) is 12.6. The molecule has 1 unspecified atom stereocenters. The Labute approximate surface area is 125 Å². The number of thiophene rings is 1. The minimum atomic E-state index is 0.0999. The summed E-state index contributed by atoms with van der Waals surface area (Å²) < 4.78 is 0. The van der Waals surface area contributed by atoms with Gasteiger partial charge in [-0.15, -0.1) is 11.3 Å². The van der Waals surface area contributed by atoms with E-state index in [1.54, 1.807) is 11.3 Å². The van der Waals surface area contributed by atoms with Crippen molar-refractivity contribution in [3.8, 4) is 5.75 Å². The fraction of sp³-hybridized carbons (Fsp3) is 0.412. The van der Waals surface area contributed by atoms with E-state index < -0.39 is 0 Å². The Bertz CT molecular complexity index is 560. The molecule has 0 fully saturated rings. The summed E-state index contributed by atoms with van der Waals surface area (Å²) in [5.41, 5.74) is 2.14. The number of phenolic OH excluding ortho intramolecular Hbond substituents is 1. The fourth-order valence-electron chi connectivity index (χ4n) is 2.29. The third-order valence-electron chi connectivity index (χ3n) is 3.69. The van der Waals surface area contributed by atoms with Crippen LogP contribution in [0.5, 0.6) is 5.75 Å². The number of benzene rings is 1. The highest BCUT2D eigenvalue weighted by Crippen LogP contribution is 2.29. The van der Waals surface area contributed by atoms with Gasteiger partial charge in [0.05, 0.1) is 0 Å². The van der Waals surface area contributed by atoms with Gasteiger partial charge in [0.2, 0.25) is 0 Å². The minimum Gasteiger partial charge on any atom is -0.508 e. The molecule has 1 aromatic carbocycles. The molecule has 1 atom stereocenters. The van der Waals surface area contributed by atoms with Crippen LogP contribution in [0.3, 0.4) is 0 Å². The van der Waals surface area contributed by atoms with E-state index in [-0.39, 0.29) is 11.5 Å². The van der Waals surface area contributed by atoms with Crippen molar-refractivity contribution in [3.63, 3.8) is 0 Å². The zero-order valence-corrected chi connectivity index (χ0v) is 13.4. The smallest absolute Gasteiger partial charge is 0.120 e. The van der Waals surface area contributed by atoms with Crippen LogP contribution in [0.25, 0.3) is 0 Å². The molecular weight excluding hydrogens is 266 g/mol. The van der Waals surface area contributed by atoms with E-state index >= 15 is 0 Å². The van der Waals surface area contributed by atoms with Crippen LogP contribution in [-0.4, -0.2) is 11.7 Å². The van der Waals surface area contributed by atoms with Gasteiger partial charge in [-0.2, -0.15) is 0 Å². The summed E-state index contributed by atoms with van der Waals surface area (Å²) in [6, 6.07) is 10.3. The Kier molecular flexibility index (Phi) is 4.51. The average Bonchev–Trinajstić information content (AvgIpc) is 2.90. The lowest BCUT2D eigenvalue weighted by Gasteiger charge is -2.26. The zero-order chi connectivity index (χ0) is 14.8. The van der Waals surface area contributed by atoms with E-state index in [1.807, 2.05) is 25.1 Å². The van der Waals surface area contributed by atoms with E-state index in [0.29, 0.717) is 5.75 Å². The lowest BCUT2D eigenvalue weighted by Crippen LogP contribution is -2.33. The molecule has 0 aliphatic carbocycles. The van der Waals surface area contributed by atoms with Crippen molar-refractivity contribution in [2.24, 2.45) is 0 Å². The second-order valence-electron chi connectivity index (χ2n) is 6.03. The molecule has 0 aliphatic rings. The van der Waals surface area contributed by atoms with Gasteiger partial charge in [-0.1, -0.05) is 32.0 Å². The lowest BCUT2D eigenvalue weighted by atomic mass is 9.91. The van der Waals surface area contributed by atoms with Crippen molar-refractivity contribution in [1.29, 1.82) is 0 Å². The summed E-state index contributed by atoms with van der Waals surface area (Å²) in [6.45, 7) is 9.44. The molecule has 0 saturated carbocycles. The molecular formula is C17H23NOS. The molecule has 0 bridgehead atoms. The number of hydrogen-bond acceptors (Lipinski definition) is 3. The number of aromatic hydroxyl groups is 1. The first-order chi connectivity index (χ1) is 9.40. The predicted molar refractivity (Wildman–Crippen MR) is 86.6 cm³/mol. The van der Waals surface area contributed by atoms with Gasteiger partial charge < -0.3 is 10.4 Å². The summed E-state index contributed by atoms with van der Waals surface area (Å²) in [4.78, 5) is 1.38. The highest BCUT2D eigenvalue weighted by atomic mass is 32.1. The van der Waals surface area contributed by atoms with Crippen LogP contribution in [0.4, 0.5) is 0 Å². The van der Waals surface area contributed by atoms with Crippen LogP contribution in [0.15, 0.2) is 35.7 Å². The van der Waals surface area contributed by atoms with E-state index in [4.69, 9.17) is 0 Å².